The lowest BCUT2D eigenvalue weighted by atomic mass is 9.91. The fourth-order valence-corrected chi connectivity index (χ4v) is 2.58. The molecule has 1 aliphatic carbocycles. The summed E-state index contributed by atoms with van der Waals surface area (Å²) >= 11 is 0. The summed E-state index contributed by atoms with van der Waals surface area (Å²) in [6.45, 7) is 2.86. The Balaban J connectivity index is 1.85. The Morgan fingerprint density at radius 3 is 2.37 bits per heavy atom. The summed E-state index contributed by atoms with van der Waals surface area (Å²) in [5.41, 5.74) is -1.13. The Morgan fingerprint density at radius 2 is 1.95 bits per heavy atom. The molecule has 1 heterocycles. The molecule has 0 bridgehead atoms. The van der Waals surface area contributed by atoms with E-state index in [2.05, 4.69) is 5.32 Å². The molecular weight excluding hydrogens is 248 g/mol. The van der Waals surface area contributed by atoms with Crippen LogP contribution in [0, 0.1) is 5.92 Å². The highest BCUT2D eigenvalue weighted by atomic mass is 16.5. The molecule has 0 aromatic carbocycles. The summed E-state index contributed by atoms with van der Waals surface area (Å²) in [5, 5.41) is 12.2. The van der Waals surface area contributed by atoms with E-state index < -0.39 is 11.6 Å². The van der Waals surface area contributed by atoms with E-state index in [0.717, 1.165) is 0 Å². The van der Waals surface area contributed by atoms with E-state index in [-0.39, 0.29) is 12.1 Å². The lowest BCUT2D eigenvalue weighted by Crippen LogP contribution is -2.54. The summed E-state index contributed by atoms with van der Waals surface area (Å²) in [4.78, 5) is 24.9. The third-order valence-electron chi connectivity index (χ3n) is 4.32. The first-order valence-corrected chi connectivity index (χ1v) is 6.82. The lowest BCUT2D eigenvalue weighted by Gasteiger charge is -2.38. The zero-order chi connectivity index (χ0) is 14.0. The van der Waals surface area contributed by atoms with E-state index in [1.807, 2.05) is 6.92 Å². The zero-order valence-electron chi connectivity index (χ0n) is 11.5. The molecule has 2 N–H and O–H groups in total. The first-order chi connectivity index (χ1) is 8.98. The van der Waals surface area contributed by atoms with Crippen LogP contribution in [0.5, 0.6) is 0 Å². The number of nitrogens with one attached hydrogen (secondary N) is 1. The van der Waals surface area contributed by atoms with E-state index in [9.17, 15) is 14.7 Å². The monoisotopic (exact) mass is 270 g/mol. The molecule has 1 atom stereocenters. The minimum Gasteiger partial charge on any atom is -0.479 e. The topological polar surface area (TPSA) is 78.9 Å². The summed E-state index contributed by atoms with van der Waals surface area (Å²) in [6.07, 6.45) is 3.05. The van der Waals surface area contributed by atoms with Crippen LogP contribution in [0.3, 0.4) is 0 Å². The summed E-state index contributed by atoms with van der Waals surface area (Å²) in [5.74, 6) is -0.327. The van der Waals surface area contributed by atoms with E-state index in [1.165, 1.54) is 20.0 Å². The highest BCUT2D eigenvalue weighted by Gasteiger charge is 2.43. The number of carboxylic acid groups (broad SMARTS) is 1. The SMILES string of the molecule is COC1(C(=O)O)CCN(C(=O)NC(C)C2CC2)CC1. The molecule has 0 radical (unpaired) electrons. The number of carboxylic acids is 1. The largest absolute Gasteiger partial charge is 0.479 e. The zero-order valence-corrected chi connectivity index (χ0v) is 11.5. The second kappa shape index (κ2) is 5.36. The van der Waals surface area contributed by atoms with Crippen molar-refractivity contribution < 1.29 is 19.4 Å². The number of hydrogen-bond acceptors (Lipinski definition) is 3. The quantitative estimate of drug-likeness (QED) is 0.800. The number of rotatable bonds is 4. The van der Waals surface area contributed by atoms with Gasteiger partial charge in [-0.05, 0) is 25.7 Å². The summed E-state index contributed by atoms with van der Waals surface area (Å²) in [6, 6.07) is 0.121. The molecule has 108 valence electrons. The molecule has 0 spiro atoms. The standard InChI is InChI=1S/C13H22N2O4/c1-9(10-3-4-10)14-12(18)15-7-5-13(19-2,6-8-15)11(16)17/h9-10H,3-8H2,1-2H3,(H,14,18)(H,16,17). The van der Waals surface area contributed by atoms with Gasteiger partial charge in [-0.25, -0.2) is 9.59 Å². The molecule has 1 unspecified atom stereocenters. The second-order valence-corrected chi connectivity index (χ2v) is 5.57. The Labute approximate surface area is 113 Å². The maximum atomic E-state index is 12.0. The van der Waals surface area contributed by atoms with Gasteiger partial charge < -0.3 is 20.1 Å². The maximum Gasteiger partial charge on any atom is 0.336 e. The number of ether oxygens (including phenoxy) is 1. The van der Waals surface area contributed by atoms with Crippen LogP contribution < -0.4 is 5.32 Å². The number of carbonyl (C=O) groups is 2. The van der Waals surface area contributed by atoms with Gasteiger partial charge in [0.15, 0.2) is 5.60 Å². The molecule has 1 aliphatic heterocycles. The van der Waals surface area contributed by atoms with Crippen LogP contribution in [-0.2, 0) is 9.53 Å². The summed E-state index contributed by atoms with van der Waals surface area (Å²) < 4.78 is 5.14. The molecular formula is C13H22N2O4. The smallest absolute Gasteiger partial charge is 0.336 e. The van der Waals surface area contributed by atoms with Gasteiger partial charge in [0.25, 0.3) is 0 Å². The van der Waals surface area contributed by atoms with Gasteiger partial charge in [-0.3, -0.25) is 0 Å². The molecule has 6 heteroatoms. The van der Waals surface area contributed by atoms with Crippen LogP contribution in [-0.4, -0.2) is 53.8 Å². The van der Waals surface area contributed by atoms with E-state index in [4.69, 9.17) is 4.74 Å². The molecule has 1 saturated carbocycles. The van der Waals surface area contributed by atoms with Crippen molar-refractivity contribution in [1.29, 1.82) is 0 Å². The predicted molar refractivity (Wildman–Crippen MR) is 68.9 cm³/mol. The Kier molecular flexibility index (Phi) is 3.99. The molecule has 0 aromatic rings. The maximum absolute atomic E-state index is 12.0. The fourth-order valence-electron chi connectivity index (χ4n) is 2.58. The summed E-state index contributed by atoms with van der Waals surface area (Å²) in [7, 11) is 1.42. The molecule has 2 aliphatic rings. The molecule has 19 heavy (non-hydrogen) atoms. The van der Waals surface area contributed by atoms with Crippen molar-refractivity contribution in [3.05, 3.63) is 0 Å². The number of methoxy groups -OCH3 is 1. The van der Waals surface area contributed by atoms with E-state index in [1.54, 1.807) is 4.90 Å². The lowest BCUT2D eigenvalue weighted by molar-refractivity contribution is -0.167. The molecule has 2 rings (SSSR count). The van der Waals surface area contributed by atoms with Gasteiger partial charge in [0.2, 0.25) is 0 Å². The van der Waals surface area contributed by atoms with Crippen LogP contribution in [0.15, 0.2) is 0 Å². The normalized spacial score (nSPS) is 23.8. The molecule has 6 nitrogen and oxygen atoms in total. The fraction of sp³-hybridized carbons (Fsp3) is 0.846. The molecule has 0 aromatic heterocycles. The molecule has 1 saturated heterocycles. The van der Waals surface area contributed by atoms with Crippen LogP contribution in [0.2, 0.25) is 0 Å². The Hall–Kier alpha value is -1.30. The number of nitrogens with zero attached hydrogens (tertiary/aromatic N) is 1. The highest BCUT2D eigenvalue weighted by Crippen LogP contribution is 2.32. The average molecular weight is 270 g/mol. The van der Waals surface area contributed by atoms with Crippen molar-refractivity contribution in [2.24, 2.45) is 5.92 Å². The number of hydrogen-bond donors (Lipinski definition) is 2. The van der Waals surface area contributed by atoms with Crippen LogP contribution in [0.1, 0.15) is 32.6 Å². The first kappa shape index (κ1) is 14.1. The van der Waals surface area contributed by atoms with E-state index >= 15 is 0 Å². The van der Waals surface area contributed by atoms with Gasteiger partial charge in [0.1, 0.15) is 0 Å². The van der Waals surface area contributed by atoms with Crippen LogP contribution >= 0.6 is 0 Å². The average Bonchev–Trinajstić information content (AvgIpc) is 3.22. The molecule has 2 fully saturated rings. The van der Waals surface area contributed by atoms with Crippen molar-refractivity contribution in [3.63, 3.8) is 0 Å². The molecule has 2 amide bonds. The van der Waals surface area contributed by atoms with Crippen LogP contribution in [0.4, 0.5) is 4.79 Å². The number of carbonyl (C=O) groups excluding carboxylic acids is 1. The second-order valence-electron chi connectivity index (χ2n) is 5.57. The highest BCUT2D eigenvalue weighted by molar-refractivity contribution is 5.79. The van der Waals surface area contributed by atoms with Crippen molar-refractivity contribution in [3.8, 4) is 0 Å². The van der Waals surface area contributed by atoms with E-state index in [0.29, 0.717) is 31.8 Å². The first-order valence-electron chi connectivity index (χ1n) is 6.82. The predicted octanol–water partition coefficient (Wildman–Crippen LogP) is 1.06. The van der Waals surface area contributed by atoms with Gasteiger partial charge in [-0.15, -0.1) is 0 Å². The number of urea groups is 1. The van der Waals surface area contributed by atoms with Crippen molar-refractivity contribution in [2.75, 3.05) is 20.2 Å². The number of amides is 2. The number of piperidine rings is 1. The number of aliphatic carboxylic acids is 1. The van der Waals surface area contributed by atoms with Gasteiger partial charge in [-0.1, -0.05) is 0 Å². The minimum absolute atomic E-state index is 0.0884. The van der Waals surface area contributed by atoms with Gasteiger partial charge in [0, 0.05) is 39.1 Å². The number of likely N-dealkylation sites (tertiary alicyclic amines) is 1. The van der Waals surface area contributed by atoms with Gasteiger partial charge in [0.05, 0.1) is 0 Å². The third-order valence-corrected chi connectivity index (χ3v) is 4.32. The van der Waals surface area contributed by atoms with Crippen molar-refractivity contribution in [1.82, 2.24) is 10.2 Å². The third kappa shape index (κ3) is 3.00. The minimum atomic E-state index is -1.13. The van der Waals surface area contributed by atoms with Gasteiger partial charge >= 0.3 is 12.0 Å². The Morgan fingerprint density at radius 1 is 1.37 bits per heavy atom. The van der Waals surface area contributed by atoms with Crippen LogP contribution in [0.25, 0.3) is 0 Å². The van der Waals surface area contributed by atoms with Crippen molar-refractivity contribution >= 4 is 12.0 Å². The van der Waals surface area contributed by atoms with Gasteiger partial charge in [-0.2, -0.15) is 0 Å². The van der Waals surface area contributed by atoms with Crippen molar-refractivity contribution in [2.45, 2.75) is 44.2 Å². The Bertz CT molecular complexity index is 360.